The quantitative estimate of drug-likeness (QED) is 0.713. The van der Waals surface area contributed by atoms with Gasteiger partial charge in [0.25, 0.3) is 0 Å². The zero-order valence-electron chi connectivity index (χ0n) is 10.0. The Kier molecular flexibility index (Phi) is 3.45. The number of nitrogens with one attached hydrogen (secondary N) is 1. The van der Waals surface area contributed by atoms with Gasteiger partial charge >= 0.3 is 0 Å². The topological polar surface area (TPSA) is 46.5 Å². The smallest absolute Gasteiger partial charge is 0.200 e. The number of H-pyrrole nitrogens is 1. The van der Waals surface area contributed by atoms with Crippen LogP contribution >= 0.6 is 28.1 Å². The van der Waals surface area contributed by atoms with Crippen LogP contribution < -0.4 is 0 Å². The molecule has 100 valence electrons. The Balaban J connectivity index is 2.20. The highest BCUT2D eigenvalue weighted by Gasteiger charge is 2.11. The van der Waals surface area contributed by atoms with Crippen molar-refractivity contribution in [3.63, 3.8) is 0 Å². The predicted molar refractivity (Wildman–Crippen MR) is 79.6 cm³/mol. The maximum absolute atomic E-state index is 13.0. The molecule has 0 amide bonds. The zero-order valence-corrected chi connectivity index (χ0v) is 12.4. The van der Waals surface area contributed by atoms with Crippen LogP contribution in [0.5, 0.6) is 0 Å². The van der Waals surface area contributed by atoms with E-state index in [1.807, 2.05) is 6.07 Å². The van der Waals surface area contributed by atoms with Crippen molar-refractivity contribution in [1.82, 2.24) is 19.7 Å². The van der Waals surface area contributed by atoms with E-state index in [1.165, 1.54) is 12.1 Å². The number of nitrogens with zero attached hydrogens (tertiary/aromatic N) is 3. The normalized spacial score (nSPS) is 10.7. The van der Waals surface area contributed by atoms with Gasteiger partial charge in [0.05, 0.1) is 5.69 Å². The van der Waals surface area contributed by atoms with Crippen LogP contribution in [-0.4, -0.2) is 19.7 Å². The summed E-state index contributed by atoms with van der Waals surface area (Å²) in [6.45, 7) is 0. The second kappa shape index (κ2) is 5.26. The molecule has 0 aliphatic carbocycles. The fourth-order valence-electron chi connectivity index (χ4n) is 1.85. The summed E-state index contributed by atoms with van der Waals surface area (Å²) >= 11 is 8.61. The summed E-state index contributed by atoms with van der Waals surface area (Å²) in [6, 6.07) is 7.95. The summed E-state index contributed by atoms with van der Waals surface area (Å²) in [7, 11) is 0. The molecule has 0 aliphatic heterocycles. The first kappa shape index (κ1) is 13.1. The summed E-state index contributed by atoms with van der Waals surface area (Å²) in [5.74, 6) is 0.324. The van der Waals surface area contributed by atoms with Crippen molar-refractivity contribution in [2.75, 3.05) is 0 Å². The average Bonchev–Trinajstić information content (AvgIpc) is 2.82. The maximum Gasteiger partial charge on any atom is 0.200 e. The number of hydrogen-bond acceptors (Lipinski definition) is 3. The van der Waals surface area contributed by atoms with Crippen LogP contribution in [-0.2, 0) is 0 Å². The van der Waals surface area contributed by atoms with Crippen molar-refractivity contribution in [3.05, 3.63) is 57.8 Å². The fourth-order valence-corrected chi connectivity index (χ4v) is 2.46. The summed E-state index contributed by atoms with van der Waals surface area (Å²) in [4.78, 5) is 4.11. The van der Waals surface area contributed by atoms with Crippen molar-refractivity contribution in [2.45, 2.75) is 0 Å². The average molecular weight is 351 g/mol. The first-order chi connectivity index (χ1) is 9.65. The molecule has 0 spiro atoms. The number of aromatic amines is 1. The molecule has 0 fully saturated rings. The molecule has 2 aromatic heterocycles. The summed E-state index contributed by atoms with van der Waals surface area (Å²) in [6.07, 6.45) is 3.38. The number of halogens is 2. The molecule has 0 bridgehead atoms. The highest BCUT2D eigenvalue weighted by Crippen LogP contribution is 2.23. The Labute approximate surface area is 127 Å². The second-order valence-electron chi connectivity index (χ2n) is 4.06. The van der Waals surface area contributed by atoms with Crippen LogP contribution in [0.4, 0.5) is 4.39 Å². The van der Waals surface area contributed by atoms with E-state index in [9.17, 15) is 4.39 Å². The zero-order chi connectivity index (χ0) is 14.1. The van der Waals surface area contributed by atoms with Crippen LogP contribution in [0.2, 0.25) is 0 Å². The maximum atomic E-state index is 13.0. The van der Waals surface area contributed by atoms with Crippen LogP contribution in [0.25, 0.3) is 17.1 Å². The third-order valence-corrected chi connectivity index (χ3v) is 3.43. The highest BCUT2D eigenvalue weighted by molar-refractivity contribution is 9.10. The lowest BCUT2D eigenvalue weighted by Crippen LogP contribution is -1.98. The van der Waals surface area contributed by atoms with Gasteiger partial charge in [-0.15, -0.1) is 0 Å². The van der Waals surface area contributed by atoms with E-state index < -0.39 is 0 Å². The van der Waals surface area contributed by atoms with E-state index in [4.69, 9.17) is 12.2 Å². The molecular weight excluding hydrogens is 343 g/mol. The van der Waals surface area contributed by atoms with Gasteiger partial charge < -0.3 is 0 Å². The van der Waals surface area contributed by atoms with Gasteiger partial charge in [0, 0.05) is 22.4 Å². The largest absolute Gasteiger partial charge is 0.268 e. The third kappa shape index (κ3) is 2.41. The van der Waals surface area contributed by atoms with Crippen molar-refractivity contribution < 1.29 is 4.39 Å². The van der Waals surface area contributed by atoms with Gasteiger partial charge in [-0.3, -0.25) is 14.6 Å². The number of aromatic nitrogens is 4. The SMILES string of the molecule is Fc1ccc(-n2c(-c3cncc(Br)c3)n[nH]c2=S)cc1. The summed E-state index contributed by atoms with van der Waals surface area (Å²) in [5, 5.41) is 6.96. The van der Waals surface area contributed by atoms with Crippen molar-refractivity contribution in [2.24, 2.45) is 0 Å². The van der Waals surface area contributed by atoms with Gasteiger partial charge in [0.1, 0.15) is 5.82 Å². The number of benzene rings is 1. The van der Waals surface area contributed by atoms with Crippen molar-refractivity contribution in [3.8, 4) is 17.1 Å². The summed E-state index contributed by atoms with van der Waals surface area (Å²) < 4.78 is 16.0. The van der Waals surface area contributed by atoms with Crippen molar-refractivity contribution >= 4 is 28.1 Å². The number of pyridine rings is 1. The molecule has 0 saturated carbocycles. The van der Waals surface area contributed by atoms with Gasteiger partial charge in [0.15, 0.2) is 10.6 Å². The molecule has 0 aliphatic rings. The van der Waals surface area contributed by atoms with Crippen LogP contribution in [0.1, 0.15) is 0 Å². The monoisotopic (exact) mass is 350 g/mol. The standard InChI is InChI=1S/C13H8BrFN4S/c14-9-5-8(6-16-7-9)12-17-18-13(20)19(12)11-3-1-10(15)2-4-11/h1-7H,(H,18,20). The van der Waals surface area contributed by atoms with E-state index in [-0.39, 0.29) is 5.82 Å². The summed E-state index contributed by atoms with van der Waals surface area (Å²) in [5.41, 5.74) is 1.54. The molecule has 7 heteroatoms. The lowest BCUT2D eigenvalue weighted by Gasteiger charge is -2.06. The molecular formula is C13H8BrFN4S. The van der Waals surface area contributed by atoms with E-state index in [0.29, 0.717) is 10.6 Å². The molecule has 0 saturated heterocycles. The number of hydrogen-bond donors (Lipinski definition) is 1. The lowest BCUT2D eigenvalue weighted by atomic mass is 10.2. The molecule has 0 unspecified atom stereocenters. The third-order valence-electron chi connectivity index (χ3n) is 2.72. The van der Waals surface area contributed by atoms with Gasteiger partial charge in [-0.05, 0) is 58.5 Å². The minimum Gasteiger partial charge on any atom is -0.268 e. The minimum atomic E-state index is -0.297. The molecule has 0 radical (unpaired) electrons. The number of rotatable bonds is 2. The molecule has 1 aromatic carbocycles. The van der Waals surface area contributed by atoms with Crippen molar-refractivity contribution in [1.29, 1.82) is 0 Å². The molecule has 2 heterocycles. The van der Waals surface area contributed by atoms with Crippen LogP contribution in [0.15, 0.2) is 47.2 Å². The Hall–Kier alpha value is -1.86. The van der Waals surface area contributed by atoms with Gasteiger partial charge in [0.2, 0.25) is 0 Å². The van der Waals surface area contributed by atoms with E-state index in [0.717, 1.165) is 15.7 Å². The minimum absolute atomic E-state index is 0.297. The Morgan fingerprint density at radius 3 is 2.65 bits per heavy atom. The Morgan fingerprint density at radius 2 is 1.95 bits per heavy atom. The van der Waals surface area contributed by atoms with E-state index in [2.05, 4.69) is 31.1 Å². The van der Waals surface area contributed by atoms with Gasteiger partial charge in [-0.2, -0.15) is 5.10 Å². The second-order valence-corrected chi connectivity index (χ2v) is 5.36. The Bertz CT molecular complexity index is 810. The lowest BCUT2D eigenvalue weighted by molar-refractivity contribution is 0.627. The Morgan fingerprint density at radius 1 is 1.20 bits per heavy atom. The first-order valence-electron chi connectivity index (χ1n) is 5.69. The van der Waals surface area contributed by atoms with Crippen LogP contribution in [0.3, 0.4) is 0 Å². The molecule has 4 nitrogen and oxygen atoms in total. The molecule has 1 N–H and O–H groups in total. The molecule has 3 rings (SSSR count). The highest BCUT2D eigenvalue weighted by atomic mass is 79.9. The molecule has 0 atom stereocenters. The predicted octanol–water partition coefficient (Wildman–Crippen LogP) is 3.89. The molecule has 20 heavy (non-hydrogen) atoms. The van der Waals surface area contributed by atoms with Gasteiger partial charge in [-0.1, -0.05) is 0 Å². The van der Waals surface area contributed by atoms with E-state index in [1.54, 1.807) is 29.1 Å². The van der Waals surface area contributed by atoms with Crippen LogP contribution in [0, 0.1) is 10.6 Å². The molecule has 3 aromatic rings. The van der Waals surface area contributed by atoms with E-state index >= 15 is 0 Å². The fraction of sp³-hybridized carbons (Fsp3) is 0. The van der Waals surface area contributed by atoms with Gasteiger partial charge in [-0.25, -0.2) is 4.39 Å². The first-order valence-corrected chi connectivity index (χ1v) is 6.89.